The summed E-state index contributed by atoms with van der Waals surface area (Å²) in [6.07, 6.45) is 0. The van der Waals surface area contributed by atoms with Crippen LogP contribution >= 0.6 is 11.6 Å². The first-order chi connectivity index (χ1) is 8.11. The molecule has 0 saturated heterocycles. The maximum atomic E-state index is 5.82. The number of rotatable bonds is 4. The van der Waals surface area contributed by atoms with Crippen LogP contribution in [0.25, 0.3) is 0 Å². The number of aryl methyl sites for hydroxylation is 2. The van der Waals surface area contributed by atoms with E-state index in [0.29, 0.717) is 5.22 Å². The van der Waals surface area contributed by atoms with Gasteiger partial charge >= 0.3 is 0 Å². The van der Waals surface area contributed by atoms with Crippen molar-refractivity contribution < 1.29 is 8.83 Å². The maximum absolute atomic E-state index is 5.82. The largest absolute Gasteiger partial charge is 0.466 e. The molecule has 0 spiro atoms. The number of hydrogen-bond acceptors (Lipinski definition) is 3. The average molecular weight is 254 g/mol. The SMILES string of the molecule is CCNC(c1ccc(Cl)o1)c1cc(C)oc1C. The molecule has 0 amide bonds. The van der Waals surface area contributed by atoms with Crippen molar-refractivity contribution in [2.45, 2.75) is 26.8 Å². The summed E-state index contributed by atoms with van der Waals surface area (Å²) in [6.45, 7) is 6.79. The van der Waals surface area contributed by atoms with Crippen molar-refractivity contribution in [2.75, 3.05) is 6.54 Å². The molecule has 0 bridgehead atoms. The van der Waals surface area contributed by atoms with Crippen LogP contribution in [0, 0.1) is 13.8 Å². The first-order valence-corrected chi connectivity index (χ1v) is 6.05. The Morgan fingerprint density at radius 1 is 1.29 bits per heavy atom. The Bertz CT molecular complexity index is 501. The lowest BCUT2D eigenvalue weighted by molar-refractivity contribution is 0.444. The molecule has 0 saturated carbocycles. The second kappa shape index (κ2) is 4.98. The van der Waals surface area contributed by atoms with Crippen LogP contribution in [0.2, 0.25) is 5.22 Å². The molecule has 2 aromatic rings. The molecule has 0 aromatic carbocycles. The van der Waals surface area contributed by atoms with Crippen LogP contribution < -0.4 is 5.32 Å². The quantitative estimate of drug-likeness (QED) is 0.900. The minimum absolute atomic E-state index is 0.00931. The Morgan fingerprint density at radius 2 is 2.06 bits per heavy atom. The van der Waals surface area contributed by atoms with Crippen molar-refractivity contribution in [3.8, 4) is 0 Å². The lowest BCUT2D eigenvalue weighted by atomic mass is 10.1. The fourth-order valence-corrected chi connectivity index (χ4v) is 2.14. The third kappa shape index (κ3) is 2.56. The smallest absolute Gasteiger partial charge is 0.193 e. The highest BCUT2D eigenvalue weighted by Crippen LogP contribution is 2.29. The van der Waals surface area contributed by atoms with Gasteiger partial charge in [0.05, 0.1) is 6.04 Å². The molecule has 92 valence electrons. The van der Waals surface area contributed by atoms with E-state index >= 15 is 0 Å². The summed E-state index contributed by atoms with van der Waals surface area (Å²) in [6, 6.07) is 5.66. The average Bonchev–Trinajstić information content (AvgIpc) is 2.82. The number of furan rings is 2. The summed E-state index contributed by atoms with van der Waals surface area (Å²) in [5, 5.41) is 3.77. The van der Waals surface area contributed by atoms with E-state index in [1.807, 2.05) is 26.0 Å². The van der Waals surface area contributed by atoms with Crippen molar-refractivity contribution >= 4 is 11.6 Å². The van der Waals surface area contributed by atoms with E-state index in [-0.39, 0.29) is 6.04 Å². The summed E-state index contributed by atoms with van der Waals surface area (Å²) in [4.78, 5) is 0. The van der Waals surface area contributed by atoms with Crippen LogP contribution in [0.1, 0.15) is 35.8 Å². The first kappa shape index (κ1) is 12.3. The monoisotopic (exact) mass is 253 g/mol. The molecular formula is C13H16ClNO2. The van der Waals surface area contributed by atoms with Crippen LogP contribution in [0.4, 0.5) is 0 Å². The second-order valence-electron chi connectivity index (χ2n) is 4.00. The predicted octanol–water partition coefficient (Wildman–Crippen LogP) is 3.84. The summed E-state index contributed by atoms with van der Waals surface area (Å²) in [5.74, 6) is 2.61. The van der Waals surface area contributed by atoms with Crippen LogP contribution in [0.15, 0.2) is 27.0 Å². The predicted molar refractivity (Wildman–Crippen MR) is 67.4 cm³/mol. The van der Waals surface area contributed by atoms with Gasteiger partial charge in [0, 0.05) is 5.56 Å². The Morgan fingerprint density at radius 3 is 2.53 bits per heavy atom. The van der Waals surface area contributed by atoms with Crippen LogP contribution in [-0.4, -0.2) is 6.54 Å². The molecule has 1 atom stereocenters. The Balaban J connectivity index is 2.38. The molecule has 2 aromatic heterocycles. The van der Waals surface area contributed by atoms with E-state index in [9.17, 15) is 0 Å². The van der Waals surface area contributed by atoms with Crippen LogP contribution in [0.5, 0.6) is 0 Å². The molecule has 0 aliphatic carbocycles. The number of halogens is 1. The van der Waals surface area contributed by atoms with Gasteiger partial charge in [-0.15, -0.1) is 0 Å². The second-order valence-corrected chi connectivity index (χ2v) is 4.37. The molecule has 17 heavy (non-hydrogen) atoms. The van der Waals surface area contributed by atoms with E-state index < -0.39 is 0 Å². The van der Waals surface area contributed by atoms with Gasteiger partial charge in [-0.2, -0.15) is 0 Å². The molecule has 3 nitrogen and oxygen atoms in total. The van der Waals surface area contributed by atoms with Crippen LogP contribution in [-0.2, 0) is 0 Å². The van der Waals surface area contributed by atoms with Crippen LogP contribution in [0.3, 0.4) is 0 Å². The van der Waals surface area contributed by atoms with Gasteiger partial charge in [0.1, 0.15) is 17.3 Å². The van der Waals surface area contributed by atoms with Crippen molar-refractivity contribution in [1.29, 1.82) is 0 Å². The Kier molecular flexibility index (Phi) is 3.60. The van der Waals surface area contributed by atoms with Gasteiger partial charge in [0.15, 0.2) is 5.22 Å². The minimum atomic E-state index is -0.00931. The zero-order chi connectivity index (χ0) is 12.4. The highest BCUT2D eigenvalue weighted by Gasteiger charge is 2.21. The third-order valence-corrected chi connectivity index (χ3v) is 2.88. The molecule has 4 heteroatoms. The van der Waals surface area contributed by atoms with E-state index in [4.69, 9.17) is 20.4 Å². The summed E-state index contributed by atoms with van der Waals surface area (Å²) >= 11 is 5.82. The third-order valence-electron chi connectivity index (χ3n) is 2.68. The van der Waals surface area contributed by atoms with E-state index in [2.05, 4.69) is 12.2 Å². The lowest BCUT2D eigenvalue weighted by Crippen LogP contribution is -2.21. The molecule has 1 unspecified atom stereocenters. The topological polar surface area (TPSA) is 38.3 Å². The van der Waals surface area contributed by atoms with Gasteiger partial charge in [0.2, 0.25) is 0 Å². The molecule has 0 aliphatic heterocycles. The van der Waals surface area contributed by atoms with E-state index in [1.165, 1.54) is 0 Å². The fourth-order valence-electron chi connectivity index (χ4n) is 1.99. The molecule has 0 aliphatic rings. The van der Waals surface area contributed by atoms with Gasteiger partial charge in [-0.05, 0) is 50.2 Å². The summed E-state index contributed by atoms with van der Waals surface area (Å²) in [7, 11) is 0. The summed E-state index contributed by atoms with van der Waals surface area (Å²) in [5.41, 5.74) is 1.09. The minimum Gasteiger partial charge on any atom is -0.466 e. The fraction of sp³-hybridized carbons (Fsp3) is 0.385. The van der Waals surface area contributed by atoms with Crippen molar-refractivity contribution in [3.05, 3.63) is 46.3 Å². The Labute approximate surface area is 106 Å². The van der Waals surface area contributed by atoms with Crippen molar-refractivity contribution in [2.24, 2.45) is 0 Å². The van der Waals surface area contributed by atoms with Gasteiger partial charge in [-0.3, -0.25) is 0 Å². The van der Waals surface area contributed by atoms with E-state index in [1.54, 1.807) is 6.07 Å². The molecule has 2 rings (SSSR count). The molecular weight excluding hydrogens is 238 g/mol. The highest BCUT2D eigenvalue weighted by atomic mass is 35.5. The number of nitrogens with one attached hydrogen (secondary N) is 1. The van der Waals surface area contributed by atoms with Crippen molar-refractivity contribution in [1.82, 2.24) is 5.32 Å². The standard InChI is InChI=1S/C13H16ClNO2/c1-4-15-13(11-5-6-12(14)17-11)10-7-8(2)16-9(10)3/h5-7,13,15H,4H2,1-3H3. The van der Waals surface area contributed by atoms with Gasteiger partial charge in [-0.1, -0.05) is 6.92 Å². The summed E-state index contributed by atoms with van der Waals surface area (Å²) < 4.78 is 11.0. The normalized spacial score (nSPS) is 12.9. The lowest BCUT2D eigenvalue weighted by Gasteiger charge is -2.14. The number of hydrogen-bond donors (Lipinski definition) is 1. The molecule has 1 N–H and O–H groups in total. The highest BCUT2D eigenvalue weighted by molar-refractivity contribution is 6.28. The molecule has 2 heterocycles. The zero-order valence-corrected chi connectivity index (χ0v) is 11.0. The van der Waals surface area contributed by atoms with Gasteiger partial charge in [-0.25, -0.2) is 0 Å². The van der Waals surface area contributed by atoms with Crippen molar-refractivity contribution in [3.63, 3.8) is 0 Å². The maximum Gasteiger partial charge on any atom is 0.193 e. The zero-order valence-electron chi connectivity index (χ0n) is 10.2. The Hall–Kier alpha value is -1.19. The first-order valence-electron chi connectivity index (χ1n) is 5.67. The van der Waals surface area contributed by atoms with E-state index in [0.717, 1.165) is 29.4 Å². The molecule has 0 fully saturated rings. The molecule has 0 radical (unpaired) electrons. The van der Waals surface area contributed by atoms with Gasteiger partial charge < -0.3 is 14.2 Å². The van der Waals surface area contributed by atoms with Gasteiger partial charge in [0.25, 0.3) is 0 Å².